The van der Waals surface area contributed by atoms with Crippen LogP contribution in [0.15, 0.2) is 18.2 Å². The van der Waals surface area contributed by atoms with Crippen LogP contribution in [0, 0.1) is 11.6 Å². The van der Waals surface area contributed by atoms with E-state index in [1.165, 1.54) is 0 Å². The molecule has 0 aliphatic heterocycles. The maximum Gasteiger partial charge on any atom is 0.230 e. The molecule has 0 heterocycles. The molecule has 0 unspecified atom stereocenters. The number of alkyl halides is 1. The fourth-order valence-corrected chi connectivity index (χ4v) is 1.12. The van der Waals surface area contributed by atoms with E-state index in [9.17, 15) is 13.6 Å². The summed E-state index contributed by atoms with van der Waals surface area (Å²) in [5.74, 6) is -1.32. The highest BCUT2D eigenvalue weighted by Gasteiger charge is 2.04. The number of amides is 1. The fourth-order valence-electron chi connectivity index (χ4n) is 0.920. The molecule has 2 nitrogen and oxygen atoms in total. The third-order valence-electron chi connectivity index (χ3n) is 1.61. The normalized spacial score (nSPS) is 9.93. The molecule has 1 aromatic carbocycles. The van der Waals surface area contributed by atoms with E-state index in [1.807, 2.05) is 0 Å². The Labute approximate surface area is 88.4 Å². The minimum atomic E-state index is -0.527. The van der Waals surface area contributed by atoms with E-state index >= 15 is 0 Å². The Morgan fingerprint density at radius 2 is 2.14 bits per heavy atom. The number of nitrogens with one attached hydrogen (secondary N) is 1. The summed E-state index contributed by atoms with van der Waals surface area (Å²) < 4.78 is 25.7. The van der Waals surface area contributed by atoms with Gasteiger partial charge < -0.3 is 5.32 Å². The van der Waals surface area contributed by atoms with Crippen LogP contribution in [0.2, 0.25) is 0 Å². The summed E-state index contributed by atoms with van der Waals surface area (Å²) >= 11 is 2.94. The van der Waals surface area contributed by atoms with Crippen molar-refractivity contribution >= 4 is 21.8 Å². The van der Waals surface area contributed by atoms with Gasteiger partial charge in [0.05, 0.1) is 5.33 Å². The van der Waals surface area contributed by atoms with Crippen molar-refractivity contribution in [3.63, 3.8) is 0 Å². The number of hydrogen-bond donors (Lipinski definition) is 1. The Kier molecular flexibility index (Phi) is 4.00. The van der Waals surface area contributed by atoms with Crippen molar-refractivity contribution in [3.05, 3.63) is 35.4 Å². The SMILES string of the molecule is O=C(CBr)NCc1cc(F)ccc1F. The van der Waals surface area contributed by atoms with Crippen molar-refractivity contribution in [1.29, 1.82) is 0 Å². The van der Waals surface area contributed by atoms with Crippen molar-refractivity contribution in [2.75, 3.05) is 5.33 Å². The third-order valence-corrected chi connectivity index (χ3v) is 2.11. The number of carbonyl (C=O) groups is 1. The molecule has 0 fully saturated rings. The highest BCUT2D eigenvalue weighted by atomic mass is 79.9. The van der Waals surface area contributed by atoms with E-state index in [1.54, 1.807) is 0 Å². The summed E-state index contributed by atoms with van der Waals surface area (Å²) in [6, 6.07) is 3.12. The lowest BCUT2D eigenvalue weighted by molar-refractivity contribution is -0.118. The first-order valence-corrected chi connectivity index (χ1v) is 5.02. The van der Waals surface area contributed by atoms with Gasteiger partial charge in [-0.2, -0.15) is 0 Å². The summed E-state index contributed by atoms with van der Waals surface area (Å²) in [5.41, 5.74) is 0.138. The van der Waals surface area contributed by atoms with Crippen molar-refractivity contribution in [1.82, 2.24) is 5.32 Å². The van der Waals surface area contributed by atoms with Gasteiger partial charge in [-0.15, -0.1) is 0 Å². The molecule has 1 aromatic rings. The quantitative estimate of drug-likeness (QED) is 0.831. The Hall–Kier alpha value is -0.970. The molecule has 0 bridgehead atoms. The molecular weight excluding hydrogens is 256 g/mol. The first kappa shape index (κ1) is 11.1. The Balaban J connectivity index is 2.66. The van der Waals surface area contributed by atoms with Gasteiger partial charge >= 0.3 is 0 Å². The van der Waals surface area contributed by atoms with Crippen LogP contribution in [-0.4, -0.2) is 11.2 Å². The van der Waals surface area contributed by atoms with E-state index in [-0.39, 0.29) is 23.3 Å². The van der Waals surface area contributed by atoms with E-state index in [0.29, 0.717) is 0 Å². The van der Waals surface area contributed by atoms with Crippen LogP contribution >= 0.6 is 15.9 Å². The number of halogens is 3. The van der Waals surface area contributed by atoms with Crippen molar-refractivity contribution < 1.29 is 13.6 Å². The van der Waals surface area contributed by atoms with Gasteiger partial charge in [-0.25, -0.2) is 8.78 Å². The van der Waals surface area contributed by atoms with Gasteiger partial charge in [0.2, 0.25) is 5.91 Å². The van der Waals surface area contributed by atoms with Crippen LogP contribution in [-0.2, 0) is 11.3 Å². The smallest absolute Gasteiger partial charge is 0.230 e. The molecule has 1 N–H and O–H groups in total. The zero-order chi connectivity index (χ0) is 10.6. The van der Waals surface area contributed by atoms with Crippen molar-refractivity contribution in [2.24, 2.45) is 0 Å². The van der Waals surface area contributed by atoms with Gasteiger partial charge in [0.15, 0.2) is 0 Å². The molecule has 14 heavy (non-hydrogen) atoms. The summed E-state index contributed by atoms with van der Waals surface area (Å²) in [7, 11) is 0. The zero-order valence-corrected chi connectivity index (χ0v) is 8.77. The van der Waals surface area contributed by atoms with Crippen LogP contribution in [0.3, 0.4) is 0 Å². The molecule has 1 rings (SSSR count). The highest BCUT2D eigenvalue weighted by molar-refractivity contribution is 9.09. The van der Waals surface area contributed by atoms with Crippen LogP contribution in [0.5, 0.6) is 0 Å². The van der Waals surface area contributed by atoms with Crippen LogP contribution < -0.4 is 5.32 Å². The maximum atomic E-state index is 13.0. The summed E-state index contributed by atoms with van der Waals surface area (Å²) in [6.07, 6.45) is 0. The average molecular weight is 264 g/mol. The molecule has 0 aromatic heterocycles. The average Bonchev–Trinajstić information content (AvgIpc) is 2.19. The monoisotopic (exact) mass is 263 g/mol. The molecular formula is C9H8BrF2NO. The van der Waals surface area contributed by atoms with Gasteiger partial charge in [0, 0.05) is 12.1 Å². The van der Waals surface area contributed by atoms with Crippen molar-refractivity contribution in [2.45, 2.75) is 6.54 Å². The molecule has 5 heteroatoms. The van der Waals surface area contributed by atoms with E-state index in [2.05, 4.69) is 21.2 Å². The van der Waals surface area contributed by atoms with Gasteiger partial charge in [0.25, 0.3) is 0 Å². The molecule has 0 spiro atoms. The highest BCUT2D eigenvalue weighted by Crippen LogP contribution is 2.08. The molecule has 0 atom stereocenters. The largest absolute Gasteiger partial charge is 0.351 e. The van der Waals surface area contributed by atoms with Crippen molar-refractivity contribution in [3.8, 4) is 0 Å². The Bertz CT molecular complexity index is 344. The number of hydrogen-bond acceptors (Lipinski definition) is 1. The first-order chi connectivity index (χ1) is 6.63. The lowest BCUT2D eigenvalue weighted by Gasteiger charge is -2.04. The molecule has 0 radical (unpaired) electrons. The minimum Gasteiger partial charge on any atom is -0.351 e. The topological polar surface area (TPSA) is 29.1 Å². The first-order valence-electron chi connectivity index (χ1n) is 3.90. The molecule has 0 aliphatic carbocycles. The maximum absolute atomic E-state index is 13.0. The predicted octanol–water partition coefficient (Wildman–Crippen LogP) is 1.98. The molecule has 0 aliphatic rings. The van der Waals surface area contributed by atoms with E-state index in [4.69, 9.17) is 0 Å². The molecule has 76 valence electrons. The summed E-state index contributed by atoms with van der Waals surface area (Å²) in [5, 5.41) is 2.57. The van der Waals surface area contributed by atoms with Gasteiger partial charge in [-0.1, -0.05) is 15.9 Å². The number of benzene rings is 1. The lowest BCUT2D eigenvalue weighted by Crippen LogP contribution is -2.24. The molecule has 0 saturated heterocycles. The predicted molar refractivity (Wildman–Crippen MR) is 52.0 cm³/mol. The Morgan fingerprint density at radius 3 is 2.79 bits per heavy atom. The van der Waals surface area contributed by atoms with Crippen LogP contribution in [0.4, 0.5) is 8.78 Å². The number of rotatable bonds is 3. The van der Waals surface area contributed by atoms with E-state index in [0.717, 1.165) is 18.2 Å². The zero-order valence-electron chi connectivity index (χ0n) is 7.19. The second kappa shape index (κ2) is 5.05. The Morgan fingerprint density at radius 1 is 1.43 bits per heavy atom. The van der Waals surface area contributed by atoms with E-state index < -0.39 is 11.6 Å². The summed E-state index contributed by atoms with van der Waals surface area (Å²) in [6.45, 7) is -0.00593. The van der Waals surface area contributed by atoms with Crippen LogP contribution in [0.25, 0.3) is 0 Å². The standard InChI is InChI=1S/C9H8BrF2NO/c10-4-9(14)13-5-6-3-7(11)1-2-8(6)12/h1-3H,4-5H2,(H,13,14). The second-order valence-corrected chi connectivity index (χ2v) is 3.21. The van der Waals surface area contributed by atoms with Gasteiger partial charge in [0.1, 0.15) is 11.6 Å². The van der Waals surface area contributed by atoms with Crippen LogP contribution in [0.1, 0.15) is 5.56 Å². The lowest BCUT2D eigenvalue weighted by atomic mass is 10.2. The number of carbonyl (C=O) groups excluding carboxylic acids is 1. The third kappa shape index (κ3) is 3.06. The molecule has 0 saturated carbocycles. The fraction of sp³-hybridized carbons (Fsp3) is 0.222. The minimum absolute atomic E-state index is 0.00593. The second-order valence-electron chi connectivity index (χ2n) is 2.65. The van der Waals surface area contributed by atoms with Gasteiger partial charge in [-0.3, -0.25) is 4.79 Å². The summed E-state index contributed by atoms with van der Waals surface area (Å²) in [4.78, 5) is 10.8. The molecule has 1 amide bonds. The van der Waals surface area contributed by atoms with Gasteiger partial charge in [-0.05, 0) is 18.2 Å².